The zero-order valence-electron chi connectivity index (χ0n) is 11.1. The van der Waals surface area contributed by atoms with Gasteiger partial charge in [0.15, 0.2) is 0 Å². The molecule has 1 aromatic rings. The van der Waals surface area contributed by atoms with Crippen LogP contribution in [0.15, 0.2) is 24.3 Å². The minimum absolute atomic E-state index is 0.568. The van der Waals surface area contributed by atoms with Crippen LogP contribution >= 0.6 is 0 Å². The Morgan fingerprint density at radius 1 is 1.00 bits per heavy atom. The average Bonchev–Trinajstić information content (AvgIpc) is 2.42. The molecule has 3 nitrogen and oxygen atoms in total. The number of nitriles is 1. The van der Waals surface area contributed by atoms with Crippen LogP contribution < -0.4 is 0 Å². The normalized spacial score (nSPS) is 17.6. The van der Waals surface area contributed by atoms with Gasteiger partial charge in [0, 0.05) is 32.7 Å². The SMILES string of the molecule is CCc1ccc(CN2CCN(CC#N)CC2)cc1. The minimum Gasteiger partial charge on any atom is -0.297 e. The molecule has 1 fully saturated rings. The molecule has 0 spiro atoms. The summed E-state index contributed by atoms with van der Waals surface area (Å²) >= 11 is 0. The van der Waals surface area contributed by atoms with E-state index in [-0.39, 0.29) is 0 Å². The van der Waals surface area contributed by atoms with Crippen LogP contribution in [-0.2, 0) is 13.0 Å². The summed E-state index contributed by atoms with van der Waals surface area (Å²) in [5.74, 6) is 0. The first-order valence-electron chi connectivity index (χ1n) is 6.71. The van der Waals surface area contributed by atoms with E-state index in [0.29, 0.717) is 6.54 Å². The Bertz CT molecular complexity index is 397. The first kappa shape index (κ1) is 13.1. The summed E-state index contributed by atoms with van der Waals surface area (Å²) in [5, 5.41) is 8.66. The van der Waals surface area contributed by atoms with Crippen molar-refractivity contribution < 1.29 is 0 Å². The minimum atomic E-state index is 0.568. The maximum atomic E-state index is 8.66. The number of nitrogens with zero attached hydrogens (tertiary/aromatic N) is 3. The van der Waals surface area contributed by atoms with Crippen LogP contribution in [0.1, 0.15) is 18.1 Å². The molecule has 0 saturated carbocycles. The van der Waals surface area contributed by atoms with Crippen LogP contribution in [0.2, 0.25) is 0 Å². The van der Waals surface area contributed by atoms with Crippen LogP contribution in [-0.4, -0.2) is 42.5 Å². The van der Waals surface area contributed by atoms with E-state index in [9.17, 15) is 0 Å². The zero-order valence-corrected chi connectivity index (χ0v) is 11.1. The molecule has 18 heavy (non-hydrogen) atoms. The number of rotatable bonds is 4. The first-order valence-corrected chi connectivity index (χ1v) is 6.71. The molecular formula is C15H21N3. The number of hydrogen-bond donors (Lipinski definition) is 0. The molecule has 1 aliphatic rings. The largest absolute Gasteiger partial charge is 0.297 e. The molecule has 0 atom stereocenters. The van der Waals surface area contributed by atoms with Crippen molar-refractivity contribution in [3.05, 3.63) is 35.4 Å². The van der Waals surface area contributed by atoms with Gasteiger partial charge in [-0.3, -0.25) is 9.80 Å². The van der Waals surface area contributed by atoms with Crippen molar-refractivity contribution in [2.75, 3.05) is 32.7 Å². The van der Waals surface area contributed by atoms with Crippen LogP contribution in [0.4, 0.5) is 0 Å². The van der Waals surface area contributed by atoms with Gasteiger partial charge in [-0.2, -0.15) is 5.26 Å². The van der Waals surface area contributed by atoms with Crippen molar-refractivity contribution in [3.8, 4) is 6.07 Å². The van der Waals surface area contributed by atoms with E-state index >= 15 is 0 Å². The fourth-order valence-corrected chi connectivity index (χ4v) is 2.34. The first-order chi connectivity index (χ1) is 8.81. The van der Waals surface area contributed by atoms with Gasteiger partial charge < -0.3 is 0 Å². The van der Waals surface area contributed by atoms with E-state index in [2.05, 4.69) is 47.1 Å². The Labute approximate surface area is 110 Å². The Hall–Kier alpha value is -1.37. The van der Waals surface area contributed by atoms with E-state index in [4.69, 9.17) is 5.26 Å². The molecule has 0 amide bonds. The highest BCUT2D eigenvalue weighted by Crippen LogP contribution is 2.10. The molecule has 1 aromatic carbocycles. The highest BCUT2D eigenvalue weighted by atomic mass is 15.3. The molecule has 0 bridgehead atoms. The molecule has 0 radical (unpaired) electrons. The van der Waals surface area contributed by atoms with Crippen LogP contribution in [0.25, 0.3) is 0 Å². The quantitative estimate of drug-likeness (QED) is 0.757. The smallest absolute Gasteiger partial charge is 0.0866 e. The maximum absolute atomic E-state index is 8.66. The van der Waals surface area contributed by atoms with Crippen molar-refractivity contribution in [2.45, 2.75) is 19.9 Å². The van der Waals surface area contributed by atoms with Crippen LogP contribution in [0, 0.1) is 11.3 Å². The third-order valence-electron chi connectivity index (χ3n) is 3.60. The zero-order chi connectivity index (χ0) is 12.8. The van der Waals surface area contributed by atoms with Gasteiger partial charge in [-0.05, 0) is 17.5 Å². The lowest BCUT2D eigenvalue weighted by Gasteiger charge is -2.33. The molecule has 1 saturated heterocycles. The fourth-order valence-electron chi connectivity index (χ4n) is 2.34. The van der Waals surface area contributed by atoms with Crippen molar-refractivity contribution in [2.24, 2.45) is 0 Å². The Balaban J connectivity index is 1.82. The highest BCUT2D eigenvalue weighted by molar-refractivity contribution is 5.22. The monoisotopic (exact) mass is 243 g/mol. The Morgan fingerprint density at radius 2 is 1.56 bits per heavy atom. The van der Waals surface area contributed by atoms with Gasteiger partial charge in [-0.1, -0.05) is 31.2 Å². The average molecular weight is 243 g/mol. The maximum Gasteiger partial charge on any atom is 0.0866 e. The van der Waals surface area contributed by atoms with E-state index < -0.39 is 0 Å². The fraction of sp³-hybridized carbons (Fsp3) is 0.533. The van der Waals surface area contributed by atoms with Gasteiger partial charge in [-0.15, -0.1) is 0 Å². The molecule has 96 valence electrons. The van der Waals surface area contributed by atoms with Gasteiger partial charge in [0.1, 0.15) is 0 Å². The van der Waals surface area contributed by atoms with E-state index in [1.54, 1.807) is 0 Å². The van der Waals surface area contributed by atoms with Gasteiger partial charge in [-0.25, -0.2) is 0 Å². The summed E-state index contributed by atoms with van der Waals surface area (Å²) < 4.78 is 0. The van der Waals surface area contributed by atoms with E-state index in [0.717, 1.165) is 39.1 Å². The van der Waals surface area contributed by atoms with Crippen LogP contribution in [0.3, 0.4) is 0 Å². The summed E-state index contributed by atoms with van der Waals surface area (Å²) in [6, 6.07) is 11.1. The van der Waals surface area contributed by atoms with Gasteiger partial charge in [0.05, 0.1) is 12.6 Å². The molecule has 0 aliphatic carbocycles. The summed E-state index contributed by atoms with van der Waals surface area (Å²) in [4.78, 5) is 4.69. The predicted octanol–water partition coefficient (Wildman–Crippen LogP) is 1.89. The molecule has 3 heteroatoms. The topological polar surface area (TPSA) is 30.3 Å². The predicted molar refractivity (Wildman–Crippen MR) is 73.2 cm³/mol. The van der Waals surface area contributed by atoms with E-state index in [1.807, 2.05) is 0 Å². The Morgan fingerprint density at radius 3 is 2.11 bits per heavy atom. The Kier molecular flexibility index (Phi) is 4.74. The van der Waals surface area contributed by atoms with Gasteiger partial charge >= 0.3 is 0 Å². The summed E-state index contributed by atoms with van der Waals surface area (Å²) in [6.07, 6.45) is 1.10. The number of hydrogen-bond acceptors (Lipinski definition) is 3. The third-order valence-corrected chi connectivity index (χ3v) is 3.60. The van der Waals surface area contributed by atoms with Crippen molar-refractivity contribution in [3.63, 3.8) is 0 Å². The van der Waals surface area contributed by atoms with Crippen LogP contribution in [0.5, 0.6) is 0 Å². The van der Waals surface area contributed by atoms with Crippen molar-refractivity contribution >= 4 is 0 Å². The summed E-state index contributed by atoms with van der Waals surface area (Å²) in [6.45, 7) is 7.95. The second-order valence-electron chi connectivity index (χ2n) is 4.88. The number of aryl methyl sites for hydroxylation is 1. The lowest BCUT2D eigenvalue weighted by atomic mass is 10.1. The standard InChI is InChI=1S/C15H21N3/c1-2-14-3-5-15(6-4-14)13-18-11-9-17(8-7-16)10-12-18/h3-6H,2,8-13H2,1H3. The molecule has 0 unspecified atom stereocenters. The van der Waals surface area contributed by atoms with E-state index in [1.165, 1.54) is 11.1 Å². The summed E-state index contributed by atoms with van der Waals surface area (Å²) in [7, 11) is 0. The van der Waals surface area contributed by atoms with Crippen molar-refractivity contribution in [1.82, 2.24) is 9.80 Å². The lowest BCUT2D eigenvalue weighted by Crippen LogP contribution is -2.45. The molecule has 1 heterocycles. The lowest BCUT2D eigenvalue weighted by molar-refractivity contribution is 0.138. The second kappa shape index (κ2) is 6.53. The molecule has 0 aromatic heterocycles. The van der Waals surface area contributed by atoms with Crippen molar-refractivity contribution in [1.29, 1.82) is 5.26 Å². The highest BCUT2D eigenvalue weighted by Gasteiger charge is 2.16. The summed E-state index contributed by atoms with van der Waals surface area (Å²) in [5.41, 5.74) is 2.79. The molecular weight excluding hydrogens is 222 g/mol. The second-order valence-corrected chi connectivity index (χ2v) is 4.88. The molecule has 2 rings (SSSR count). The molecule has 0 N–H and O–H groups in total. The number of benzene rings is 1. The van der Waals surface area contributed by atoms with Gasteiger partial charge in [0.2, 0.25) is 0 Å². The number of piperazine rings is 1. The van der Waals surface area contributed by atoms with Gasteiger partial charge in [0.25, 0.3) is 0 Å². The third kappa shape index (κ3) is 3.56. The molecule has 1 aliphatic heterocycles.